The van der Waals surface area contributed by atoms with Gasteiger partial charge in [-0.1, -0.05) is 24.3 Å². The fraction of sp³-hybridized carbons (Fsp3) is 0.190. The molecule has 2 aromatic carbocycles. The maximum absolute atomic E-state index is 12.9. The molecule has 0 unspecified atom stereocenters. The number of halogens is 1. The minimum atomic E-state index is -0.317. The lowest BCUT2D eigenvalue weighted by atomic mass is 10.1. The Bertz CT molecular complexity index is 932. The molecule has 1 amide bonds. The lowest BCUT2D eigenvalue weighted by molar-refractivity contribution is 0.0946. The average molecular weight is 380 g/mol. The second-order valence-electron chi connectivity index (χ2n) is 6.10. The van der Waals surface area contributed by atoms with Crippen molar-refractivity contribution in [2.75, 3.05) is 19.0 Å². The molecule has 0 aliphatic rings. The maximum atomic E-state index is 12.9. The molecule has 3 rings (SSSR count). The van der Waals surface area contributed by atoms with Gasteiger partial charge in [-0.15, -0.1) is 0 Å². The summed E-state index contributed by atoms with van der Waals surface area (Å²) in [6.07, 6.45) is 2.30. The van der Waals surface area contributed by atoms with Gasteiger partial charge in [0.15, 0.2) is 0 Å². The number of amides is 1. The number of ether oxygens (including phenoxy) is 1. The Morgan fingerprint density at radius 2 is 1.93 bits per heavy atom. The summed E-state index contributed by atoms with van der Waals surface area (Å²) < 4.78 is 18.1. The van der Waals surface area contributed by atoms with E-state index in [1.807, 2.05) is 24.3 Å². The van der Waals surface area contributed by atoms with Crippen LogP contribution < -0.4 is 15.4 Å². The van der Waals surface area contributed by atoms with Crippen molar-refractivity contribution in [3.63, 3.8) is 0 Å². The van der Waals surface area contributed by atoms with Crippen LogP contribution in [0, 0.1) is 5.82 Å². The van der Waals surface area contributed by atoms with Crippen LogP contribution >= 0.6 is 0 Å². The normalized spacial score (nSPS) is 10.4. The zero-order chi connectivity index (χ0) is 19.8. The number of hydrogen-bond acceptors (Lipinski definition) is 5. The predicted molar refractivity (Wildman–Crippen MR) is 105 cm³/mol. The summed E-state index contributed by atoms with van der Waals surface area (Å²) in [5.41, 5.74) is 2.20. The standard InChI is InChI=1S/C21H21FN4O2/c1-28-18-4-2-3-15(13-18)9-11-23-21-24-12-10-19(26-21)20(27)25-14-16-5-7-17(22)8-6-16/h2-8,10,12-13H,9,11,14H2,1H3,(H,25,27)(H,23,24,26). The van der Waals surface area contributed by atoms with E-state index in [1.165, 1.54) is 18.3 Å². The van der Waals surface area contributed by atoms with E-state index in [-0.39, 0.29) is 17.4 Å². The van der Waals surface area contributed by atoms with Crippen LogP contribution in [-0.2, 0) is 13.0 Å². The molecular weight excluding hydrogens is 359 g/mol. The number of aromatic nitrogens is 2. The van der Waals surface area contributed by atoms with Crippen molar-refractivity contribution in [1.82, 2.24) is 15.3 Å². The highest BCUT2D eigenvalue weighted by Gasteiger charge is 2.09. The van der Waals surface area contributed by atoms with Crippen LogP contribution in [-0.4, -0.2) is 29.5 Å². The number of nitrogens with one attached hydrogen (secondary N) is 2. The van der Waals surface area contributed by atoms with Gasteiger partial charge >= 0.3 is 0 Å². The number of nitrogens with zero attached hydrogens (tertiary/aromatic N) is 2. The summed E-state index contributed by atoms with van der Waals surface area (Å²) in [4.78, 5) is 20.7. The molecule has 0 radical (unpaired) electrons. The van der Waals surface area contributed by atoms with Crippen molar-refractivity contribution in [1.29, 1.82) is 0 Å². The molecule has 0 atom stereocenters. The van der Waals surface area contributed by atoms with Gasteiger partial charge in [0.2, 0.25) is 5.95 Å². The Morgan fingerprint density at radius 3 is 2.71 bits per heavy atom. The molecule has 0 fully saturated rings. The van der Waals surface area contributed by atoms with Crippen LogP contribution in [0.4, 0.5) is 10.3 Å². The second-order valence-corrected chi connectivity index (χ2v) is 6.10. The Morgan fingerprint density at radius 1 is 1.11 bits per heavy atom. The molecule has 0 spiro atoms. The summed E-state index contributed by atoms with van der Waals surface area (Å²) in [7, 11) is 1.64. The molecule has 1 aromatic heterocycles. The van der Waals surface area contributed by atoms with Gasteiger partial charge in [0, 0.05) is 19.3 Å². The molecular formula is C21H21FN4O2. The first-order valence-corrected chi connectivity index (χ1v) is 8.86. The Kier molecular flexibility index (Phi) is 6.51. The Balaban J connectivity index is 1.52. The summed E-state index contributed by atoms with van der Waals surface area (Å²) >= 11 is 0. The summed E-state index contributed by atoms with van der Waals surface area (Å²) in [5.74, 6) is 0.573. The first-order valence-electron chi connectivity index (χ1n) is 8.86. The van der Waals surface area contributed by atoms with Gasteiger partial charge < -0.3 is 15.4 Å². The smallest absolute Gasteiger partial charge is 0.270 e. The van der Waals surface area contributed by atoms with Crippen LogP contribution in [0.15, 0.2) is 60.8 Å². The molecule has 6 nitrogen and oxygen atoms in total. The lowest BCUT2D eigenvalue weighted by Crippen LogP contribution is -2.24. The quantitative estimate of drug-likeness (QED) is 0.628. The van der Waals surface area contributed by atoms with Crippen LogP contribution in [0.25, 0.3) is 0 Å². The molecule has 28 heavy (non-hydrogen) atoms. The number of methoxy groups -OCH3 is 1. The SMILES string of the molecule is COc1cccc(CCNc2nccc(C(=O)NCc3ccc(F)cc3)n2)c1. The first kappa shape index (κ1) is 19.3. The fourth-order valence-corrected chi connectivity index (χ4v) is 2.59. The number of anilines is 1. The topological polar surface area (TPSA) is 76.1 Å². The van der Waals surface area contributed by atoms with E-state index in [9.17, 15) is 9.18 Å². The minimum Gasteiger partial charge on any atom is -0.497 e. The molecule has 0 saturated carbocycles. The van der Waals surface area contributed by atoms with E-state index in [1.54, 1.807) is 25.3 Å². The summed E-state index contributed by atoms with van der Waals surface area (Å²) in [6.45, 7) is 0.912. The highest BCUT2D eigenvalue weighted by molar-refractivity contribution is 5.92. The van der Waals surface area contributed by atoms with Crippen molar-refractivity contribution in [2.24, 2.45) is 0 Å². The zero-order valence-corrected chi connectivity index (χ0v) is 15.5. The summed E-state index contributed by atoms with van der Waals surface area (Å²) in [6, 6.07) is 15.3. The largest absolute Gasteiger partial charge is 0.497 e. The fourth-order valence-electron chi connectivity index (χ4n) is 2.59. The van der Waals surface area contributed by atoms with Gasteiger partial charge in [0.25, 0.3) is 5.91 Å². The Labute approximate surface area is 162 Å². The molecule has 144 valence electrons. The van der Waals surface area contributed by atoms with E-state index in [0.29, 0.717) is 19.0 Å². The second kappa shape index (κ2) is 9.45. The molecule has 0 aliphatic heterocycles. The third kappa shape index (κ3) is 5.51. The van der Waals surface area contributed by atoms with Crippen LogP contribution in [0.2, 0.25) is 0 Å². The first-order chi connectivity index (χ1) is 13.6. The minimum absolute atomic E-state index is 0.265. The number of carbonyl (C=O) groups excluding carboxylic acids is 1. The lowest BCUT2D eigenvalue weighted by Gasteiger charge is -2.08. The van der Waals surface area contributed by atoms with E-state index < -0.39 is 0 Å². The third-order valence-electron chi connectivity index (χ3n) is 4.09. The molecule has 0 saturated heterocycles. The summed E-state index contributed by atoms with van der Waals surface area (Å²) in [5, 5.41) is 5.88. The van der Waals surface area contributed by atoms with Gasteiger partial charge in [0.1, 0.15) is 17.3 Å². The number of benzene rings is 2. The van der Waals surface area contributed by atoms with Crippen molar-refractivity contribution in [3.05, 3.63) is 83.4 Å². The van der Waals surface area contributed by atoms with Gasteiger partial charge in [0.05, 0.1) is 7.11 Å². The van der Waals surface area contributed by atoms with Crippen LogP contribution in [0.1, 0.15) is 21.6 Å². The monoisotopic (exact) mass is 380 g/mol. The number of hydrogen-bond donors (Lipinski definition) is 2. The van der Waals surface area contributed by atoms with Gasteiger partial charge in [-0.2, -0.15) is 0 Å². The van der Waals surface area contributed by atoms with E-state index in [0.717, 1.165) is 23.3 Å². The number of rotatable bonds is 8. The van der Waals surface area contributed by atoms with E-state index >= 15 is 0 Å². The molecule has 3 aromatic rings. The molecule has 0 aliphatic carbocycles. The Hall–Kier alpha value is -3.48. The zero-order valence-electron chi connectivity index (χ0n) is 15.5. The molecule has 7 heteroatoms. The average Bonchev–Trinajstić information content (AvgIpc) is 2.73. The van der Waals surface area contributed by atoms with Crippen molar-refractivity contribution >= 4 is 11.9 Å². The third-order valence-corrected chi connectivity index (χ3v) is 4.09. The highest BCUT2D eigenvalue weighted by Crippen LogP contribution is 2.13. The van der Waals surface area contributed by atoms with Crippen molar-refractivity contribution < 1.29 is 13.9 Å². The van der Waals surface area contributed by atoms with Crippen LogP contribution in [0.3, 0.4) is 0 Å². The maximum Gasteiger partial charge on any atom is 0.270 e. The van der Waals surface area contributed by atoms with Crippen molar-refractivity contribution in [2.45, 2.75) is 13.0 Å². The van der Waals surface area contributed by atoms with E-state index in [2.05, 4.69) is 20.6 Å². The molecule has 0 bridgehead atoms. The molecule has 1 heterocycles. The van der Waals surface area contributed by atoms with Crippen LogP contribution in [0.5, 0.6) is 5.75 Å². The van der Waals surface area contributed by atoms with E-state index in [4.69, 9.17) is 4.74 Å². The highest BCUT2D eigenvalue weighted by atomic mass is 19.1. The van der Waals surface area contributed by atoms with Gasteiger partial charge in [-0.25, -0.2) is 14.4 Å². The van der Waals surface area contributed by atoms with Crippen molar-refractivity contribution in [3.8, 4) is 5.75 Å². The van der Waals surface area contributed by atoms with Gasteiger partial charge in [-0.3, -0.25) is 4.79 Å². The van der Waals surface area contributed by atoms with Gasteiger partial charge in [-0.05, 0) is 47.9 Å². The predicted octanol–water partition coefficient (Wildman–Crippen LogP) is 3.21. The number of carbonyl (C=O) groups is 1. The molecule has 2 N–H and O–H groups in total.